The first kappa shape index (κ1) is 16.8. The van der Waals surface area contributed by atoms with Gasteiger partial charge in [-0.25, -0.2) is 4.79 Å². The van der Waals surface area contributed by atoms with E-state index in [1.54, 1.807) is 12.1 Å². The zero-order valence-electron chi connectivity index (χ0n) is 14.1. The van der Waals surface area contributed by atoms with Gasteiger partial charge in [0, 0.05) is 30.1 Å². The molecule has 0 fully saturated rings. The number of aromatic carboxylic acids is 1. The van der Waals surface area contributed by atoms with Gasteiger partial charge in [-0.3, -0.25) is 0 Å². The number of para-hydroxylation sites is 1. The molecule has 2 aromatic carbocycles. The Kier molecular flexibility index (Phi) is 4.85. The largest absolute Gasteiger partial charge is 0.478 e. The highest BCUT2D eigenvalue weighted by molar-refractivity contribution is 5.91. The molecule has 0 spiro atoms. The topological polar surface area (TPSA) is 42.2 Å². The number of fused-ring (bicyclic) bond motifs is 1. The number of carboxylic acids is 1. The minimum absolute atomic E-state index is 0.361. The van der Waals surface area contributed by atoms with Crippen molar-refractivity contribution in [3.8, 4) is 0 Å². The van der Waals surface area contributed by atoms with Crippen LogP contribution < -0.4 is 0 Å². The summed E-state index contributed by atoms with van der Waals surface area (Å²) in [5.41, 5.74) is 4.48. The molecule has 1 heterocycles. The van der Waals surface area contributed by atoms with Crippen LogP contribution in [0, 0.1) is 0 Å². The summed E-state index contributed by atoms with van der Waals surface area (Å²) in [5, 5.41) is 10.7. The minimum atomic E-state index is -0.893. The van der Waals surface area contributed by atoms with Crippen molar-refractivity contribution in [2.45, 2.75) is 19.4 Å². The molecule has 3 aromatic rings. The number of carboxylic acid groups (broad SMARTS) is 1. The number of hydrogen-bond acceptors (Lipinski definition) is 1. The Morgan fingerprint density at radius 3 is 2.56 bits per heavy atom. The van der Waals surface area contributed by atoms with Gasteiger partial charge in [-0.1, -0.05) is 42.5 Å². The highest BCUT2D eigenvalue weighted by Crippen LogP contribution is 2.27. The number of benzene rings is 2. The van der Waals surface area contributed by atoms with Crippen LogP contribution in [0.15, 0.2) is 74.0 Å². The second-order valence-electron chi connectivity index (χ2n) is 6.03. The summed E-state index contributed by atoms with van der Waals surface area (Å²) in [5.74, 6) is -0.893. The van der Waals surface area contributed by atoms with Gasteiger partial charge < -0.3 is 9.67 Å². The fourth-order valence-electron chi connectivity index (χ4n) is 3.33. The third-order valence-electron chi connectivity index (χ3n) is 4.43. The summed E-state index contributed by atoms with van der Waals surface area (Å²) < 4.78 is 2.15. The van der Waals surface area contributed by atoms with E-state index in [2.05, 4.69) is 36.1 Å². The van der Waals surface area contributed by atoms with Crippen LogP contribution in [0.2, 0.25) is 0 Å². The zero-order chi connectivity index (χ0) is 17.8. The molecule has 0 saturated heterocycles. The van der Waals surface area contributed by atoms with Crippen LogP contribution >= 0.6 is 0 Å². The van der Waals surface area contributed by atoms with Gasteiger partial charge in [0.1, 0.15) is 0 Å². The summed E-state index contributed by atoms with van der Waals surface area (Å²) in [7, 11) is 0. The van der Waals surface area contributed by atoms with Crippen LogP contribution in [0.1, 0.15) is 27.0 Å². The van der Waals surface area contributed by atoms with E-state index in [1.165, 1.54) is 0 Å². The van der Waals surface area contributed by atoms with Crippen molar-refractivity contribution in [3.63, 3.8) is 0 Å². The van der Waals surface area contributed by atoms with Crippen LogP contribution in [0.4, 0.5) is 0 Å². The van der Waals surface area contributed by atoms with Gasteiger partial charge in [-0.2, -0.15) is 0 Å². The lowest BCUT2D eigenvalue weighted by atomic mass is 9.93. The highest BCUT2D eigenvalue weighted by Gasteiger charge is 2.16. The first-order valence-corrected chi connectivity index (χ1v) is 8.28. The molecule has 0 bridgehead atoms. The summed E-state index contributed by atoms with van der Waals surface area (Å²) in [6.07, 6.45) is 7.01. The molecular formula is C22H21NO2. The number of carbonyl (C=O) groups is 1. The molecule has 1 N–H and O–H groups in total. The van der Waals surface area contributed by atoms with Gasteiger partial charge in [0.05, 0.1) is 5.56 Å². The smallest absolute Gasteiger partial charge is 0.335 e. The van der Waals surface area contributed by atoms with E-state index >= 15 is 0 Å². The lowest BCUT2D eigenvalue weighted by molar-refractivity contribution is 0.0695. The molecule has 0 atom stereocenters. The van der Waals surface area contributed by atoms with E-state index in [1.807, 2.05) is 30.4 Å². The molecule has 25 heavy (non-hydrogen) atoms. The van der Waals surface area contributed by atoms with Gasteiger partial charge >= 0.3 is 5.97 Å². The summed E-state index contributed by atoms with van der Waals surface area (Å²) in [6, 6.07) is 13.6. The Bertz CT molecular complexity index is 950. The normalized spacial score (nSPS) is 10.7. The van der Waals surface area contributed by atoms with Gasteiger partial charge in [0.25, 0.3) is 0 Å². The van der Waals surface area contributed by atoms with Crippen molar-refractivity contribution in [3.05, 3.63) is 96.2 Å². The van der Waals surface area contributed by atoms with Gasteiger partial charge in [0.2, 0.25) is 0 Å². The van der Waals surface area contributed by atoms with Gasteiger partial charge in [-0.05, 0) is 35.2 Å². The molecule has 0 unspecified atom stereocenters. The quantitative estimate of drug-likeness (QED) is 0.629. The molecule has 3 rings (SSSR count). The lowest BCUT2D eigenvalue weighted by Crippen LogP contribution is -2.06. The molecule has 0 aliphatic rings. The summed E-state index contributed by atoms with van der Waals surface area (Å²) >= 11 is 0. The Balaban J connectivity index is 2.14. The van der Waals surface area contributed by atoms with Crippen molar-refractivity contribution in [2.24, 2.45) is 0 Å². The Labute approximate surface area is 147 Å². The van der Waals surface area contributed by atoms with Crippen molar-refractivity contribution in [2.75, 3.05) is 0 Å². The SMILES string of the molecule is C=CCc1cccc(C(=O)O)c1Cc1cn(CC=C)c2ccccc12. The van der Waals surface area contributed by atoms with Crippen LogP contribution in [0.25, 0.3) is 10.9 Å². The first-order chi connectivity index (χ1) is 12.2. The molecule has 0 aliphatic carbocycles. The van der Waals surface area contributed by atoms with Gasteiger partial charge in [-0.15, -0.1) is 13.2 Å². The van der Waals surface area contributed by atoms with Crippen LogP contribution in [0.3, 0.4) is 0 Å². The van der Waals surface area contributed by atoms with Crippen molar-refractivity contribution < 1.29 is 9.90 Å². The van der Waals surface area contributed by atoms with Crippen LogP contribution in [0.5, 0.6) is 0 Å². The van der Waals surface area contributed by atoms with E-state index in [9.17, 15) is 9.90 Å². The molecular weight excluding hydrogens is 310 g/mol. The molecule has 0 radical (unpaired) electrons. The highest BCUT2D eigenvalue weighted by atomic mass is 16.4. The van der Waals surface area contributed by atoms with Crippen LogP contribution in [-0.4, -0.2) is 15.6 Å². The molecule has 0 amide bonds. The van der Waals surface area contributed by atoms with E-state index in [4.69, 9.17) is 0 Å². The number of allylic oxidation sites excluding steroid dienone is 2. The number of aromatic nitrogens is 1. The molecule has 126 valence electrons. The second-order valence-corrected chi connectivity index (χ2v) is 6.03. The van der Waals surface area contributed by atoms with E-state index in [-0.39, 0.29) is 0 Å². The van der Waals surface area contributed by atoms with Gasteiger partial charge in [0.15, 0.2) is 0 Å². The third kappa shape index (κ3) is 3.26. The Hall–Kier alpha value is -3.07. The maximum Gasteiger partial charge on any atom is 0.335 e. The molecule has 1 aromatic heterocycles. The fourth-order valence-corrected chi connectivity index (χ4v) is 3.33. The number of nitrogens with zero attached hydrogens (tertiary/aromatic N) is 1. The molecule has 0 aliphatic heterocycles. The van der Waals surface area contributed by atoms with Crippen molar-refractivity contribution in [1.82, 2.24) is 4.57 Å². The number of hydrogen-bond donors (Lipinski definition) is 1. The van der Waals surface area contributed by atoms with Crippen LogP contribution in [-0.2, 0) is 19.4 Å². The van der Waals surface area contributed by atoms with Crippen molar-refractivity contribution in [1.29, 1.82) is 0 Å². The molecule has 3 heteroatoms. The molecule has 3 nitrogen and oxygen atoms in total. The predicted molar refractivity (Wildman–Crippen MR) is 102 cm³/mol. The van der Waals surface area contributed by atoms with E-state index in [0.717, 1.165) is 34.1 Å². The average molecular weight is 331 g/mol. The minimum Gasteiger partial charge on any atom is -0.478 e. The summed E-state index contributed by atoms with van der Waals surface area (Å²) in [4.78, 5) is 11.7. The van der Waals surface area contributed by atoms with E-state index in [0.29, 0.717) is 18.4 Å². The standard InChI is InChI=1S/C22H21NO2/c1-3-8-16-9-7-11-19(22(24)25)20(16)14-17-15-23(13-4-2)21-12-6-5-10-18(17)21/h3-7,9-12,15H,1-2,8,13-14H2,(H,24,25). The second kappa shape index (κ2) is 7.22. The maximum atomic E-state index is 11.7. The zero-order valence-corrected chi connectivity index (χ0v) is 14.1. The monoisotopic (exact) mass is 331 g/mol. The lowest BCUT2D eigenvalue weighted by Gasteiger charge is -2.11. The predicted octanol–water partition coefficient (Wildman–Crippen LogP) is 4.84. The average Bonchev–Trinajstić information content (AvgIpc) is 2.95. The fraction of sp³-hybridized carbons (Fsp3) is 0.136. The first-order valence-electron chi connectivity index (χ1n) is 8.28. The van der Waals surface area contributed by atoms with Crippen molar-refractivity contribution >= 4 is 16.9 Å². The molecule has 0 saturated carbocycles. The maximum absolute atomic E-state index is 11.7. The number of rotatable bonds is 7. The Morgan fingerprint density at radius 2 is 1.84 bits per heavy atom. The summed E-state index contributed by atoms with van der Waals surface area (Å²) in [6.45, 7) is 8.34. The Morgan fingerprint density at radius 1 is 1.04 bits per heavy atom. The third-order valence-corrected chi connectivity index (χ3v) is 4.43. The van der Waals surface area contributed by atoms with E-state index < -0.39 is 5.97 Å².